The lowest BCUT2D eigenvalue weighted by Gasteiger charge is -2.20. The second-order valence-corrected chi connectivity index (χ2v) is 4.94. The van der Waals surface area contributed by atoms with Gasteiger partial charge in [-0.05, 0) is 24.1 Å². The molecule has 0 spiro atoms. The van der Waals surface area contributed by atoms with Crippen LogP contribution < -0.4 is 5.32 Å². The normalized spacial score (nSPS) is 13.2. The Hall–Kier alpha value is -0.380. The molecule has 0 saturated carbocycles. The predicted molar refractivity (Wildman–Crippen MR) is 67.0 cm³/mol. The van der Waals surface area contributed by atoms with E-state index in [1.165, 1.54) is 5.56 Å². The standard InChI is InChI=1S/C12H18BrNO/c1-8(2)14-12(7-15)10-5-4-9(3)6-11(10)13/h4-6,8,12,14-15H,7H2,1-3H3. The SMILES string of the molecule is Cc1ccc(C(CO)NC(C)C)c(Br)c1. The van der Waals surface area contributed by atoms with Gasteiger partial charge in [-0.2, -0.15) is 0 Å². The zero-order valence-electron chi connectivity index (χ0n) is 9.42. The number of halogens is 1. The quantitative estimate of drug-likeness (QED) is 0.883. The Morgan fingerprint density at radius 1 is 1.40 bits per heavy atom. The molecule has 1 rings (SSSR count). The molecule has 84 valence electrons. The Balaban J connectivity index is 2.91. The van der Waals surface area contributed by atoms with Crippen LogP contribution in [0, 0.1) is 6.92 Å². The van der Waals surface area contributed by atoms with Crippen molar-refractivity contribution in [3.8, 4) is 0 Å². The second-order valence-electron chi connectivity index (χ2n) is 4.08. The molecule has 0 aromatic heterocycles. The smallest absolute Gasteiger partial charge is 0.0627 e. The summed E-state index contributed by atoms with van der Waals surface area (Å²) in [7, 11) is 0. The molecule has 1 atom stereocenters. The van der Waals surface area contributed by atoms with Gasteiger partial charge in [-0.3, -0.25) is 0 Å². The molecule has 1 aromatic rings. The summed E-state index contributed by atoms with van der Waals surface area (Å²) >= 11 is 3.53. The van der Waals surface area contributed by atoms with Crippen molar-refractivity contribution in [2.75, 3.05) is 6.61 Å². The highest BCUT2D eigenvalue weighted by Crippen LogP contribution is 2.24. The second kappa shape index (κ2) is 5.64. The van der Waals surface area contributed by atoms with Crippen LogP contribution in [0.1, 0.15) is 31.0 Å². The largest absolute Gasteiger partial charge is 0.394 e. The minimum absolute atomic E-state index is 0.0000231. The summed E-state index contributed by atoms with van der Waals surface area (Å²) in [4.78, 5) is 0. The third-order valence-electron chi connectivity index (χ3n) is 2.25. The fourth-order valence-electron chi connectivity index (χ4n) is 1.56. The van der Waals surface area contributed by atoms with E-state index in [1.807, 2.05) is 0 Å². The number of benzene rings is 1. The van der Waals surface area contributed by atoms with Crippen molar-refractivity contribution in [2.45, 2.75) is 32.9 Å². The first-order valence-corrected chi connectivity index (χ1v) is 5.97. The van der Waals surface area contributed by atoms with Crippen molar-refractivity contribution in [3.63, 3.8) is 0 Å². The first-order chi connectivity index (χ1) is 7.04. The maximum absolute atomic E-state index is 9.34. The monoisotopic (exact) mass is 271 g/mol. The minimum Gasteiger partial charge on any atom is -0.394 e. The van der Waals surface area contributed by atoms with Crippen molar-refractivity contribution in [1.82, 2.24) is 5.32 Å². The van der Waals surface area contributed by atoms with Gasteiger partial charge in [0.05, 0.1) is 12.6 Å². The molecule has 1 unspecified atom stereocenters. The summed E-state index contributed by atoms with van der Waals surface area (Å²) in [6, 6.07) is 6.54. The lowest BCUT2D eigenvalue weighted by molar-refractivity contribution is 0.237. The van der Waals surface area contributed by atoms with Crippen molar-refractivity contribution >= 4 is 15.9 Å². The third kappa shape index (κ3) is 3.59. The molecule has 0 aliphatic rings. The molecule has 0 saturated heterocycles. The number of rotatable bonds is 4. The summed E-state index contributed by atoms with van der Waals surface area (Å²) in [6.45, 7) is 6.31. The van der Waals surface area contributed by atoms with E-state index in [-0.39, 0.29) is 12.6 Å². The molecule has 2 nitrogen and oxygen atoms in total. The zero-order chi connectivity index (χ0) is 11.4. The van der Waals surface area contributed by atoms with Crippen LogP contribution in [0.4, 0.5) is 0 Å². The average molecular weight is 272 g/mol. The number of aliphatic hydroxyl groups excluding tert-OH is 1. The Bertz CT molecular complexity index is 325. The lowest BCUT2D eigenvalue weighted by Crippen LogP contribution is -2.30. The maximum Gasteiger partial charge on any atom is 0.0627 e. The van der Waals surface area contributed by atoms with Crippen LogP contribution in [0.15, 0.2) is 22.7 Å². The van der Waals surface area contributed by atoms with Gasteiger partial charge in [-0.1, -0.05) is 41.9 Å². The van der Waals surface area contributed by atoms with Gasteiger partial charge in [0, 0.05) is 10.5 Å². The van der Waals surface area contributed by atoms with Crippen molar-refractivity contribution in [3.05, 3.63) is 33.8 Å². The van der Waals surface area contributed by atoms with Crippen LogP contribution in [0.2, 0.25) is 0 Å². The van der Waals surface area contributed by atoms with Gasteiger partial charge in [0.25, 0.3) is 0 Å². The predicted octanol–water partition coefficient (Wildman–Crippen LogP) is 2.79. The molecule has 0 aliphatic carbocycles. The van der Waals surface area contributed by atoms with Crippen LogP contribution in [-0.2, 0) is 0 Å². The van der Waals surface area contributed by atoms with Gasteiger partial charge in [-0.25, -0.2) is 0 Å². The van der Waals surface area contributed by atoms with Gasteiger partial charge >= 0.3 is 0 Å². The number of nitrogens with one attached hydrogen (secondary N) is 1. The number of aryl methyl sites for hydroxylation is 1. The topological polar surface area (TPSA) is 32.3 Å². The van der Waals surface area contributed by atoms with Gasteiger partial charge in [0.2, 0.25) is 0 Å². The number of aliphatic hydroxyl groups is 1. The summed E-state index contributed by atoms with van der Waals surface area (Å²) in [6.07, 6.45) is 0. The molecule has 2 N–H and O–H groups in total. The molecular weight excluding hydrogens is 254 g/mol. The molecule has 1 aromatic carbocycles. The number of hydrogen-bond acceptors (Lipinski definition) is 2. The minimum atomic E-state index is -0.0000231. The average Bonchev–Trinajstić information content (AvgIpc) is 2.14. The van der Waals surface area contributed by atoms with Crippen LogP contribution in [0.3, 0.4) is 0 Å². The molecule has 3 heteroatoms. The lowest BCUT2D eigenvalue weighted by atomic mass is 10.1. The molecule has 15 heavy (non-hydrogen) atoms. The van der Waals surface area contributed by atoms with E-state index in [0.29, 0.717) is 6.04 Å². The summed E-state index contributed by atoms with van der Waals surface area (Å²) in [5, 5.41) is 12.7. The zero-order valence-corrected chi connectivity index (χ0v) is 11.0. The van der Waals surface area contributed by atoms with E-state index in [2.05, 4.69) is 60.2 Å². The van der Waals surface area contributed by atoms with Gasteiger partial charge in [0.15, 0.2) is 0 Å². The summed E-state index contributed by atoms with van der Waals surface area (Å²) in [5.74, 6) is 0. The molecule has 0 amide bonds. The van der Waals surface area contributed by atoms with E-state index in [0.717, 1.165) is 10.0 Å². The Morgan fingerprint density at radius 2 is 2.07 bits per heavy atom. The fourth-order valence-corrected chi connectivity index (χ4v) is 2.33. The fraction of sp³-hybridized carbons (Fsp3) is 0.500. The highest BCUT2D eigenvalue weighted by Gasteiger charge is 2.13. The van der Waals surface area contributed by atoms with E-state index in [1.54, 1.807) is 0 Å². The Morgan fingerprint density at radius 3 is 2.53 bits per heavy atom. The molecule has 0 heterocycles. The van der Waals surface area contributed by atoms with Crippen LogP contribution in [0.5, 0.6) is 0 Å². The first kappa shape index (κ1) is 12.7. The number of hydrogen-bond donors (Lipinski definition) is 2. The van der Waals surface area contributed by atoms with E-state index < -0.39 is 0 Å². The van der Waals surface area contributed by atoms with Gasteiger partial charge < -0.3 is 10.4 Å². The Kier molecular flexibility index (Phi) is 4.77. The van der Waals surface area contributed by atoms with E-state index >= 15 is 0 Å². The summed E-state index contributed by atoms with van der Waals surface area (Å²) in [5.41, 5.74) is 2.32. The van der Waals surface area contributed by atoms with Crippen LogP contribution in [0.25, 0.3) is 0 Å². The molecule has 0 bridgehead atoms. The van der Waals surface area contributed by atoms with E-state index in [4.69, 9.17) is 0 Å². The highest BCUT2D eigenvalue weighted by atomic mass is 79.9. The molecule has 0 radical (unpaired) electrons. The van der Waals surface area contributed by atoms with Crippen LogP contribution in [-0.4, -0.2) is 17.8 Å². The molecule has 0 fully saturated rings. The van der Waals surface area contributed by atoms with Crippen LogP contribution >= 0.6 is 15.9 Å². The van der Waals surface area contributed by atoms with Crippen molar-refractivity contribution in [1.29, 1.82) is 0 Å². The third-order valence-corrected chi connectivity index (χ3v) is 2.94. The highest BCUT2D eigenvalue weighted by molar-refractivity contribution is 9.10. The van der Waals surface area contributed by atoms with Gasteiger partial charge in [-0.15, -0.1) is 0 Å². The maximum atomic E-state index is 9.34. The van der Waals surface area contributed by atoms with Crippen molar-refractivity contribution in [2.24, 2.45) is 0 Å². The molecular formula is C12H18BrNO. The Labute approximate surface area is 99.8 Å². The summed E-state index contributed by atoms with van der Waals surface area (Å²) < 4.78 is 1.05. The van der Waals surface area contributed by atoms with Gasteiger partial charge in [0.1, 0.15) is 0 Å². The molecule has 0 aliphatic heterocycles. The van der Waals surface area contributed by atoms with E-state index in [9.17, 15) is 5.11 Å². The van der Waals surface area contributed by atoms with Crippen molar-refractivity contribution < 1.29 is 5.11 Å². The first-order valence-electron chi connectivity index (χ1n) is 5.17.